The zero-order valence-electron chi connectivity index (χ0n) is 8.09. The highest BCUT2D eigenvalue weighted by molar-refractivity contribution is 9.10. The zero-order chi connectivity index (χ0) is 10.8. The van der Waals surface area contributed by atoms with Crippen molar-refractivity contribution in [1.29, 1.82) is 0 Å². The minimum absolute atomic E-state index is 0.0566. The summed E-state index contributed by atoms with van der Waals surface area (Å²) in [4.78, 5) is 12.0. The van der Waals surface area contributed by atoms with Crippen LogP contribution in [0.4, 0.5) is 4.39 Å². The van der Waals surface area contributed by atoms with Crippen LogP contribution in [0.15, 0.2) is 34.3 Å². The van der Waals surface area contributed by atoms with Crippen molar-refractivity contribution in [3.05, 3.63) is 45.7 Å². The third-order valence-electron chi connectivity index (χ3n) is 2.51. The van der Waals surface area contributed by atoms with Gasteiger partial charge >= 0.3 is 0 Å². The molecule has 15 heavy (non-hydrogen) atoms. The number of hydrogen-bond donors (Lipinski definition) is 0. The highest BCUT2D eigenvalue weighted by Crippen LogP contribution is 2.26. The Balaban J connectivity index is 2.36. The van der Waals surface area contributed by atoms with E-state index < -0.39 is 0 Å². The molecule has 1 aliphatic carbocycles. The highest BCUT2D eigenvalue weighted by atomic mass is 79.9. The Kier molecular flexibility index (Phi) is 3.00. The summed E-state index contributed by atoms with van der Waals surface area (Å²) >= 11 is 3.26. The summed E-state index contributed by atoms with van der Waals surface area (Å²) in [6.45, 7) is 0. The number of carbonyl (C=O) groups excluding carboxylic acids is 1. The van der Waals surface area contributed by atoms with Gasteiger partial charge in [0.25, 0.3) is 0 Å². The molecule has 0 amide bonds. The minimum atomic E-state index is -0.375. The maximum Gasteiger partial charge on any atom is 0.189 e. The molecule has 1 nitrogen and oxygen atoms in total. The lowest BCUT2D eigenvalue weighted by Crippen LogP contribution is -2.03. The van der Waals surface area contributed by atoms with Crippen molar-refractivity contribution in [3.8, 4) is 0 Å². The lowest BCUT2D eigenvalue weighted by Gasteiger charge is -2.04. The molecule has 0 aromatic heterocycles. The fourth-order valence-corrected chi connectivity index (χ4v) is 2.15. The van der Waals surface area contributed by atoms with E-state index in [0.29, 0.717) is 10.0 Å². The summed E-state index contributed by atoms with van der Waals surface area (Å²) in [5.74, 6) is -0.431. The topological polar surface area (TPSA) is 17.1 Å². The van der Waals surface area contributed by atoms with E-state index in [1.807, 2.05) is 6.08 Å². The van der Waals surface area contributed by atoms with Gasteiger partial charge < -0.3 is 0 Å². The van der Waals surface area contributed by atoms with E-state index >= 15 is 0 Å². The van der Waals surface area contributed by atoms with Crippen molar-refractivity contribution in [2.24, 2.45) is 0 Å². The largest absolute Gasteiger partial charge is 0.289 e. The molecular formula is C12H10BrFO. The lowest BCUT2D eigenvalue weighted by atomic mass is 10.0. The second-order valence-electron chi connectivity index (χ2n) is 3.57. The molecule has 1 aromatic carbocycles. The van der Waals surface area contributed by atoms with Crippen molar-refractivity contribution in [2.75, 3.05) is 0 Å². The van der Waals surface area contributed by atoms with Gasteiger partial charge in [0, 0.05) is 10.0 Å². The fraction of sp³-hybridized carbons (Fsp3) is 0.250. The Morgan fingerprint density at radius 1 is 1.40 bits per heavy atom. The normalized spacial score (nSPS) is 15.2. The first-order valence-electron chi connectivity index (χ1n) is 4.87. The number of halogens is 2. The number of rotatable bonds is 2. The molecule has 2 rings (SSSR count). The number of carbonyl (C=O) groups is 1. The van der Waals surface area contributed by atoms with Crippen LogP contribution in [0, 0.1) is 5.82 Å². The highest BCUT2D eigenvalue weighted by Gasteiger charge is 2.17. The van der Waals surface area contributed by atoms with E-state index in [1.54, 1.807) is 6.07 Å². The first kappa shape index (κ1) is 10.6. The molecule has 0 spiro atoms. The molecule has 1 aromatic rings. The molecule has 0 N–H and O–H groups in total. The van der Waals surface area contributed by atoms with Crippen LogP contribution in [-0.2, 0) is 0 Å². The van der Waals surface area contributed by atoms with E-state index in [9.17, 15) is 9.18 Å². The second-order valence-corrected chi connectivity index (χ2v) is 4.43. The van der Waals surface area contributed by atoms with Crippen LogP contribution in [0.2, 0.25) is 0 Å². The van der Waals surface area contributed by atoms with Crippen molar-refractivity contribution in [3.63, 3.8) is 0 Å². The van der Waals surface area contributed by atoms with Crippen molar-refractivity contribution in [1.82, 2.24) is 0 Å². The maximum absolute atomic E-state index is 13.0. The Hall–Kier alpha value is -0.960. The van der Waals surface area contributed by atoms with Gasteiger partial charge in [-0.3, -0.25) is 4.79 Å². The molecular weight excluding hydrogens is 259 g/mol. The van der Waals surface area contributed by atoms with E-state index in [2.05, 4.69) is 15.9 Å². The van der Waals surface area contributed by atoms with Crippen LogP contribution in [0.3, 0.4) is 0 Å². The SMILES string of the molecule is O=C(C1=CCCC1)c1cc(F)ccc1Br. The van der Waals surface area contributed by atoms with Gasteiger partial charge in [-0.25, -0.2) is 4.39 Å². The molecule has 0 fully saturated rings. The number of hydrogen-bond acceptors (Lipinski definition) is 1. The van der Waals surface area contributed by atoms with Crippen LogP contribution in [0.5, 0.6) is 0 Å². The van der Waals surface area contributed by atoms with Crippen molar-refractivity contribution in [2.45, 2.75) is 19.3 Å². The molecule has 0 aliphatic heterocycles. The van der Waals surface area contributed by atoms with Gasteiger partial charge in [0.2, 0.25) is 0 Å². The minimum Gasteiger partial charge on any atom is -0.289 e. The Morgan fingerprint density at radius 2 is 2.20 bits per heavy atom. The van der Waals surface area contributed by atoms with E-state index in [0.717, 1.165) is 24.8 Å². The van der Waals surface area contributed by atoms with Gasteiger partial charge in [0.15, 0.2) is 5.78 Å². The third-order valence-corrected chi connectivity index (χ3v) is 3.20. The Bertz CT molecular complexity index is 437. The van der Waals surface area contributed by atoms with Crippen LogP contribution in [-0.4, -0.2) is 5.78 Å². The van der Waals surface area contributed by atoms with Crippen LogP contribution >= 0.6 is 15.9 Å². The zero-order valence-corrected chi connectivity index (χ0v) is 9.68. The summed E-state index contributed by atoms with van der Waals surface area (Å²) in [5.41, 5.74) is 1.23. The smallest absolute Gasteiger partial charge is 0.189 e. The van der Waals surface area contributed by atoms with E-state index in [-0.39, 0.29) is 11.6 Å². The molecule has 0 heterocycles. The Labute approximate surface area is 96.1 Å². The number of benzene rings is 1. The molecule has 78 valence electrons. The number of ketones is 1. The van der Waals surface area contributed by atoms with Gasteiger partial charge in [-0.1, -0.05) is 22.0 Å². The molecule has 1 aliphatic rings. The standard InChI is InChI=1S/C12H10BrFO/c13-11-6-5-9(14)7-10(11)12(15)8-3-1-2-4-8/h3,5-7H,1-2,4H2. The van der Waals surface area contributed by atoms with Crippen LogP contribution in [0.25, 0.3) is 0 Å². The average Bonchev–Trinajstić information content (AvgIpc) is 2.74. The Morgan fingerprint density at radius 3 is 2.87 bits per heavy atom. The van der Waals surface area contributed by atoms with Gasteiger partial charge in [-0.2, -0.15) is 0 Å². The number of Topliss-reactive ketones (excluding diaryl/α,β-unsaturated/α-hetero) is 1. The number of allylic oxidation sites excluding steroid dienone is 2. The predicted molar refractivity (Wildman–Crippen MR) is 60.4 cm³/mol. The van der Waals surface area contributed by atoms with Gasteiger partial charge in [0.05, 0.1) is 0 Å². The molecule has 0 atom stereocenters. The van der Waals surface area contributed by atoms with Gasteiger partial charge in [-0.15, -0.1) is 0 Å². The monoisotopic (exact) mass is 268 g/mol. The van der Waals surface area contributed by atoms with E-state index in [4.69, 9.17) is 0 Å². The van der Waals surface area contributed by atoms with Crippen LogP contribution < -0.4 is 0 Å². The van der Waals surface area contributed by atoms with E-state index in [1.165, 1.54) is 12.1 Å². The predicted octanol–water partition coefficient (Wildman–Crippen LogP) is 3.88. The van der Waals surface area contributed by atoms with Gasteiger partial charge in [-0.05, 0) is 43.0 Å². The third kappa shape index (κ3) is 2.17. The lowest BCUT2D eigenvalue weighted by molar-refractivity contribution is 0.103. The average molecular weight is 269 g/mol. The molecule has 0 saturated carbocycles. The van der Waals surface area contributed by atoms with Crippen LogP contribution in [0.1, 0.15) is 29.6 Å². The molecule has 0 radical (unpaired) electrons. The first-order valence-corrected chi connectivity index (χ1v) is 5.66. The van der Waals surface area contributed by atoms with Crippen molar-refractivity contribution >= 4 is 21.7 Å². The summed E-state index contributed by atoms with van der Waals surface area (Å²) in [6, 6.07) is 4.19. The summed E-state index contributed by atoms with van der Waals surface area (Å²) in [6.07, 6.45) is 4.73. The molecule has 0 bridgehead atoms. The van der Waals surface area contributed by atoms with Gasteiger partial charge in [0.1, 0.15) is 5.82 Å². The fourth-order valence-electron chi connectivity index (χ4n) is 1.72. The summed E-state index contributed by atoms with van der Waals surface area (Å²) in [5, 5.41) is 0. The van der Waals surface area contributed by atoms with Crippen molar-refractivity contribution < 1.29 is 9.18 Å². The molecule has 0 unspecified atom stereocenters. The quantitative estimate of drug-likeness (QED) is 0.744. The summed E-state index contributed by atoms with van der Waals surface area (Å²) in [7, 11) is 0. The first-order chi connectivity index (χ1) is 7.18. The maximum atomic E-state index is 13.0. The summed E-state index contributed by atoms with van der Waals surface area (Å²) < 4.78 is 13.7. The second kappa shape index (κ2) is 4.27. The molecule has 0 saturated heterocycles. The molecule has 3 heteroatoms.